The van der Waals surface area contributed by atoms with E-state index in [0.717, 1.165) is 22.8 Å². The zero-order valence-electron chi connectivity index (χ0n) is 19.6. The van der Waals surface area contributed by atoms with E-state index in [4.69, 9.17) is 26.0 Å². The summed E-state index contributed by atoms with van der Waals surface area (Å²) in [4.78, 5) is 35.0. The number of carboxylic acids is 1. The number of aliphatic hydroxyl groups excluding tert-OH is 1. The molecule has 0 radical (unpaired) electrons. The van der Waals surface area contributed by atoms with Crippen LogP contribution in [0.2, 0.25) is 5.02 Å². The average Bonchev–Trinajstić information content (AvgIpc) is 3.33. The van der Waals surface area contributed by atoms with Gasteiger partial charge in [0.25, 0.3) is 5.88 Å². The molecule has 3 N–H and O–H groups in total. The topological polar surface area (TPSA) is 161 Å². The number of rotatable bonds is 12. The Morgan fingerprint density at radius 2 is 1.86 bits per heavy atom. The Bertz CT molecular complexity index is 1220. The molecule has 0 aliphatic carbocycles. The van der Waals surface area contributed by atoms with Gasteiger partial charge in [0.15, 0.2) is 6.10 Å². The number of nitrogens with zero attached hydrogens (tertiary/aromatic N) is 2. The number of aliphatic carboxylic acids is 1. The first kappa shape index (κ1) is 27.5. The SMILES string of the molecule is CCOC(=O)OCOc1cc(C(=O)NN(Cc2ccc(-c3cccc(Cl)c3)cc2)CC(O)C(=O)O)on1. The Labute approximate surface area is 216 Å². The van der Waals surface area contributed by atoms with Crippen LogP contribution in [0.5, 0.6) is 5.88 Å². The summed E-state index contributed by atoms with van der Waals surface area (Å²) in [6.45, 7) is 0.874. The monoisotopic (exact) mass is 533 g/mol. The normalized spacial score (nSPS) is 11.6. The molecule has 0 bridgehead atoms. The molecule has 3 rings (SSSR count). The van der Waals surface area contributed by atoms with Crippen LogP contribution >= 0.6 is 11.6 Å². The fourth-order valence-corrected chi connectivity index (χ4v) is 3.25. The second-order valence-electron chi connectivity index (χ2n) is 7.50. The Balaban J connectivity index is 1.64. The Morgan fingerprint density at radius 3 is 2.54 bits per heavy atom. The lowest BCUT2D eigenvalue weighted by molar-refractivity contribution is -0.148. The minimum atomic E-state index is -1.76. The molecular formula is C24H24ClN3O9. The van der Waals surface area contributed by atoms with Crippen LogP contribution in [0, 0.1) is 0 Å². The highest BCUT2D eigenvalue weighted by molar-refractivity contribution is 6.30. The van der Waals surface area contributed by atoms with Gasteiger partial charge in [0.1, 0.15) is 0 Å². The van der Waals surface area contributed by atoms with Gasteiger partial charge in [0.05, 0.1) is 19.2 Å². The summed E-state index contributed by atoms with van der Waals surface area (Å²) in [7, 11) is 0. The molecule has 0 aliphatic rings. The van der Waals surface area contributed by atoms with Gasteiger partial charge in [-0.1, -0.05) is 48.0 Å². The summed E-state index contributed by atoms with van der Waals surface area (Å²) in [5.74, 6) is -2.63. The van der Waals surface area contributed by atoms with Crippen LogP contribution in [0.1, 0.15) is 23.0 Å². The van der Waals surface area contributed by atoms with E-state index in [-0.39, 0.29) is 24.8 Å². The van der Waals surface area contributed by atoms with Crippen LogP contribution in [0.4, 0.5) is 4.79 Å². The van der Waals surface area contributed by atoms with Crippen LogP contribution in [0.3, 0.4) is 0 Å². The standard InChI is InChI=1S/C24H24ClN3O9/c1-2-34-24(33)36-14-35-21-11-20(37-27-21)22(30)26-28(13-19(29)23(31)32)12-15-6-8-16(9-7-15)17-4-3-5-18(25)10-17/h3-11,19,29H,2,12-14H2,1H3,(H,26,30)(H,31,32). The average molecular weight is 534 g/mol. The van der Waals surface area contributed by atoms with E-state index in [1.54, 1.807) is 25.1 Å². The number of carbonyl (C=O) groups is 3. The highest BCUT2D eigenvalue weighted by Gasteiger charge is 2.22. The van der Waals surface area contributed by atoms with Gasteiger partial charge in [-0.05, 0) is 40.9 Å². The molecule has 2 aromatic carbocycles. The van der Waals surface area contributed by atoms with Gasteiger partial charge < -0.3 is 28.9 Å². The van der Waals surface area contributed by atoms with E-state index >= 15 is 0 Å². The number of nitrogens with one attached hydrogen (secondary N) is 1. The summed E-state index contributed by atoms with van der Waals surface area (Å²) < 4.78 is 19.2. The second kappa shape index (κ2) is 13.3. The summed E-state index contributed by atoms with van der Waals surface area (Å²) in [6, 6.07) is 15.8. The third-order valence-electron chi connectivity index (χ3n) is 4.78. The molecule has 0 saturated heterocycles. The molecule has 37 heavy (non-hydrogen) atoms. The summed E-state index contributed by atoms with van der Waals surface area (Å²) in [6.07, 6.45) is -2.70. The summed E-state index contributed by atoms with van der Waals surface area (Å²) in [5.41, 5.74) is 5.04. The largest absolute Gasteiger partial charge is 0.511 e. The number of carboxylic acid groups (broad SMARTS) is 1. The van der Waals surface area contributed by atoms with Crippen LogP contribution in [0.25, 0.3) is 11.1 Å². The predicted octanol–water partition coefficient (Wildman–Crippen LogP) is 3.10. The van der Waals surface area contributed by atoms with E-state index in [1.807, 2.05) is 30.3 Å². The van der Waals surface area contributed by atoms with Gasteiger partial charge in [-0.3, -0.25) is 10.2 Å². The first-order chi connectivity index (χ1) is 17.7. The molecule has 1 aromatic heterocycles. The Morgan fingerprint density at radius 1 is 1.11 bits per heavy atom. The highest BCUT2D eigenvalue weighted by Crippen LogP contribution is 2.23. The number of amides is 1. The van der Waals surface area contributed by atoms with E-state index in [1.165, 1.54) is 5.01 Å². The molecule has 0 saturated carbocycles. The van der Waals surface area contributed by atoms with Crippen LogP contribution in [-0.2, 0) is 20.8 Å². The minimum Gasteiger partial charge on any atom is -0.479 e. The van der Waals surface area contributed by atoms with E-state index in [9.17, 15) is 19.5 Å². The van der Waals surface area contributed by atoms with Crippen molar-refractivity contribution in [1.82, 2.24) is 15.6 Å². The lowest BCUT2D eigenvalue weighted by Crippen LogP contribution is -2.47. The third kappa shape index (κ3) is 8.49. The number of ether oxygens (including phenoxy) is 3. The molecule has 0 spiro atoms. The molecule has 0 aliphatic heterocycles. The van der Waals surface area contributed by atoms with Crippen molar-refractivity contribution in [3.8, 4) is 17.0 Å². The van der Waals surface area contributed by atoms with Crippen molar-refractivity contribution in [1.29, 1.82) is 0 Å². The molecule has 1 atom stereocenters. The van der Waals surface area contributed by atoms with E-state index in [2.05, 4.69) is 20.1 Å². The third-order valence-corrected chi connectivity index (χ3v) is 5.02. The second-order valence-corrected chi connectivity index (χ2v) is 7.94. The molecule has 13 heteroatoms. The summed E-state index contributed by atoms with van der Waals surface area (Å²) in [5, 5.41) is 24.3. The molecular weight excluding hydrogens is 510 g/mol. The quantitative estimate of drug-likeness (QED) is 0.178. The first-order valence-electron chi connectivity index (χ1n) is 11.0. The van der Waals surface area contributed by atoms with Crippen molar-refractivity contribution >= 4 is 29.6 Å². The predicted molar refractivity (Wildman–Crippen MR) is 129 cm³/mol. The lowest BCUT2D eigenvalue weighted by atomic mass is 10.0. The van der Waals surface area contributed by atoms with Gasteiger partial charge in [-0.15, -0.1) is 0 Å². The van der Waals surface area contributed by atoms with Crippen LogP contribution in [-0.4, -0.2) is 64.5 Å². The lowest BCUT2D eigenvalue weighted by Gasteiger charge is -2.24. The molecule has 12 nitrogen and oxygen atoms in total. The number of hydrazine groups is 1. The van der Waals surface area contributed by atoms with Gasteiger partial charge in [0, 0.05) is 11.6 Å². The van der Waals surface area contributed by atoms with E-state index in [0.29, 0.717) is 5.02 Å². The number of aliphatic hydroxyl groups is 1. The molecule has 3 aromatic rings. The zero-order chi connectivity index (χ0) is 26.8. The summed E-state index contributed by atoms with van der Waals surface area (Å²) >= 11 is 6.06. The number of halogens is 1. The van der Waals surface area contributed by atoms with E-state index < -0.39 is 37.5 Å². The molecule has 1 unspecified atom stereocenters. The molecule has 0 fully saturated rings. The maximum absolute atomic E-state index is 12.7. The number of hydrogen-bond donors (Lipinski definition) is 3. The molecule has 1 amide bonds. The number of hydrogen-bond acceptors (Lipinski definition) is 10. The van der Waals surface area contributed by atoms with Crippen molar-refractivity contribution in [2.24, 2.45) is 0 Å². The molecule has 1 heterocycles. The van der Waals surface area contributed by atoms with Crippen molar-refractivity contribution in [3.63, 3.8) is 0 Å². The van der Waals surface area contributed by atoms with Gasteiger partial charge in [-0.2, -0.15) is 0 Å². The smallest absolute Gasteiger partial charge is 0.479 e. The highest BCUT2D eigenvalue weighted by atomic mass is 35.5. The van der Waals surface area contributed by atoms with Gasteiger partial charge in [0.2, 0.25) is 12.6 Å². The van der Waals surface area contributed by atoms with Gasteiger partial charge >= 0.3 is 18.0 Å². The maximum atomic E-state index is 12.7. The van der Waals surface area contributed by atoms with Crippen LogP contribution in [0.15, 0.2) is 59.1 Å². The number of benzene rings is 2. The van der Waals surface area contributed by atoms with Crippen molar-refractivity contribution < 1.29 is 43.3 Å². The molecule has 196 valence electrons. The fourth-order valence-electron chi connectivity index (χ4n) is 3.06. The Kier molecular flexibility index (Phi) is 9.84. The minimum absolute atomic E-state index is 0.0663. The van der Waals surface area contributed by atoms with Gasteiger partial charge in [-0.25, -0.2) is 14.6 Å². The van der Waals surface area contributed by atoms with Crippen molar-refractivity contribution in [3.05, 3.63) is 70.9 Å². The number of aromatic nitrogens is 1. The fraction of sp³-hybridized carbons (Fsp3) is 0.250. The van der Waals surface area contributed by atoms with Crippen LogP contribution < -0.4 is 10.2 Å². The zero-order valence-corrected chi connectivity index (χ0v) is 20.4. The van der Waals surface area contributed by atoms with Crippen molar-refractivity contribution in [2.75, 3.05) is 19.9 Å². The maximum Gasteiger partial charge on any atom is 0.511 e. The van der Waals surface area contributed by atoms with Crippen molar-refractivity contribution in [2.45, 2.75) is 19.6 Å². The number of carbonyl (C=O) groups excluding carboxylic acids is 2. The Hall–Kier alpha value is -4.13. The first-order valence-corrected chi connectivity index (χ1v) is 11.3.